The van der Waals surface area contributed by atoms with E-state index in [1.165, 1.54) is 77.8 Å². The van der Waals surface area contributed by atoms with Gasteiger partial charge in [-0.05, 0) is 104 Å². The summed E-state index contributed by atoms with van der Waals surface area (Å²) < 4.78 is 2.35. The van der Waals surface area contributed by atoms with Gasteiger partial charge in [-0.1, -0.05) is 166 Å². The Hall–Kier alpha value is -6.90. The topological polar surface area (TPSA) is 8.17 Å². The molecule has 56 heavy (non-hydrogen) atoms. The summed E-state index contributed by atoms with van der Waals surface area (Å²) in [6, 6.07) is 73.1. The van der Waals surface area contributed by atoms with Crippen molar-refractivity contribution >= 4 is 28.0 Å². The number of benzene rings is 8. The van der Waals surface area contributed by atoms with Gasteiger partial charge in [0, 0.05) is 46.0 Å². The van der Waals surface area contributed by atoms with E-state index in [9.17, 15) is 0 Å². The molecule has 2 heteroatoms. The highest BCUT2D eigenvalue weighted by Crippen LogP contribution is 2.51. The predicted molar refractivity (Wildman–Crippen MR) is 237 cm³/mol. The molecule has 1 aliphatic rings. The molecule has 0 saturated heterocycles. The molecule has 0 amide bonds. The van der Waals surface area contributed by atoms with Crippen LogP contribution in [0, 0.1) is 0 Å². The molecule has 0 N–H and O–H groups in total. The van der Waals surface area contributed by atoms with Gasteiger partial charge in [0.2, 0.25) is 0 Å². The molecule has 0 saturated carbocycles. The van der Waals surface area contributed by atoms with Crippen LogP contribution >= 0.6 is 0 Å². The summed E-state index contributed by atoms with van der Waals surface area (Å²) in [5, 5.41) is 1.24. The van der Waals surface area contributed by atoms with Crippen LogP contribution in [0.2, 0.25) is 0 Å². The summed E-state index contributed by atoms with van der Waals surface area (Å²) in [5.74, 6) is 0. The lowest BCUT2D eigenvalue weighted by molar-refractivity contribution is 0.660. The van der Waals surface area contributed by atoms with E-state index >= 15 is 0 Å². The van der Waals surface area contributed by atoms with Gasteiger partial charge < -0.3 is 9.47 Å². The molecule has 0 atom stereocenters. The lowest BCUT2D eigenvalue weighted by atomic mass is 9.82. The summed E-state index contributed by atoms with van der Waals surface area (Å²) in [6.07, 6.45) is 0. The van der Waals surface area contributed by atoms with Gasteiger partial charge in [-0.25, -0.2) is 0 Å². The fraction of sp³-hybridized carbons (Fsp3) is 0.0741. The lowest BCUT2D eigenvalue weighted by Gasteiger charge is -2.28. The van der Waals surface area contributed by atoms with Crippen molar-refractivity contribution in [2.45, 2.75) is 19.3 Å². The first-order chi connectivity index (χ1) is 27.5. The maximum atomic E-state index is 2.41. The van der Waals surface area contributed by atoms with Gasteiger partial charge in [0.1, 0.15) is 0 Å². The highest BCUT2D eigenvalue weighted by Gasteiger charge is 2.35. The summed E-state index contributed by atoms with van der Waals surface area (Å²) in [5.41, 5.74) is 19.6. The summed E-state index contributed by atoms with van der Waals surface area (Å²) in [7, 11) is 2.19. The molecule has 0 radical (unpaired) electrons. The molecule has 0 aliphatic heterocycles. The summed E-state index contributed by atoms with van der Waals surface area (Å²) in [6.45, 7) is 4.71. The monoisotopic (exact) mass is 718 g/mol. The van der Waals surface area contributed by atoms with E-state index in [-0.39, 0.29) is 5.41 Å². The number of anilines is 3. The van der Waals surface area contributed by atoms with Gasteiger partial charge in [0.05, 0.1) is 5.69 Å². The fourth-order valence-corrected chi connectivity index (χ4v) is 8.97. The Morgan fingerprint density at radius 2 is 0.875 bits per heavy atom. The highest BCUT2D eigenvalue weighted by molar-refractivity contribution is 6.06. The van der Waals surface area contributed by atoms with Crippen LogP contribution in [-0.4, -0.2) is 4.57 Å². The van der Waals surface area contributed by atoms with Crippen LogP contribution in [0.4, 0.5) is 17.1 Å². The predicted octanol–water partition coefficient (Wildman–Crippen LogP) is 14.6. The quantitative estimate of drug-likeness (QED) is 0.159. The molecular weight excluding hydrogens is 677 g/mol. The smallest absolute Gasteiger partial charge is 0.0568 e. The fourth-order valence-electron chi connectivity index (χ4n) is 8.97. The molecular formula is C54H42N2. The zero-order chi connectivity index (χ0) is 37.8. The molecule has 0 spiro atoms. The van der Waals surface area contributed by atoms with E-state index < -0.39 is 0 Å². The average molecular weight is 719 g/mol. The first-order valence-corrected chi connectivity index (χ1v) is 19.5. The van der Waals surface area contributed by atoms with E-state index in [0.29, 0.717) is 0 Å². The molecule has 0 fully saturated rings. The Balaban J connectivity index is 1.13. The van der Waals surface area contributed by atoms with Crippen molar-refractivity contribution in [3.05, 3.63) is 211 Å². The van der Waals surface area contributed by atoms with E-state index in [1.807, 2.05) is 0 Å². The second kappa shape index (κ2) is 13.4. The number of aryl methyl sites for hydroxylation is 1. The third-order valence-electron chi connectivity index (χ3n) is 11.8. The second-order valence-electron chi connectivity index (χ2n) is 15.4. The molecule has 1 aromatic heterocycles. The zero-order valence-electron chi connectivity index (χ0n) is 31.9. The SMILES string of the molecule is Cn1c(-c2ccccc2)c(-c2ccc(N(c3ccc(-c4ccccc4)cc3)c3ccc4c(c3)C(C)(C)c3ccccc3-4)cc2)c2cc(-c3ccccc3)ccc21. The lowest BCUT2D eigenvalue weighted by Crippen LogP contribution is -2.16. The Morgan fingerprint density at radius 1 is 0.393 bits per heavy atom. The first kappa shape index (κ1) is 33.7. The van der Waals surface area contributed by atoms with Crippen molar-refractivity contribution in [2.75, 3.05) is 4.90 Å². The number of fused-ring (bicyclic) bond motifs is 4. The second-order valence-corrected chi connectivity index (χ2v) is 15.4. The van der Waals surface area contributed by atoms with Crippen LogP contribution in [0.25, 0.3) is 66.7 Å². The number of aromatic nitrogens is 1. The van der Waals surface area contributed by atoms with Gasteiger partial charge in [0.15, 0.2) is 0 Å². The van der Waals surface area contributed by atoms with Crippen molar-refractivity contribution in [1.29, 1.82) is 0 Å². The average Bonchev–Trinajstić information content (AvgIpc) is 3.68. The van der Waals surface area contributed by atoms with Crippen molar-refractivity contribution in [3.63, 3.8) is 0 Å². The number of nitrogens with zero attached hydrogens (tertiary/aromatic N) is 2. The zero-order valence-corrected chi connectivity index (χ0v) is 31.9. The van der Waals surface area contributed by atoms with Gasteiger partial charge in [-0.15, -0.1) is 0 Å². The third kappa shape index (κ3) is 5.57. The van der Waals surface area contributed by atoms with Crippen LogP contribution in [0.1, 0.15) is 25.0 Å². The number of hydrogen-bond acceptors (Lipinski definition) is 1. The minimum Gasteiger partial charge on any atom is -0.343 e. The highest BCUT2D eigenvalue weighted by atomic mass is 15.1. The minimum atomic E-state index is -0.102. The molecule has 268 valence electrons. The molecule has 0 bridgehead atoms. The largest absolute Gasteiger partial charge is 0.343 e. The van der Waals surface area contributed by atoms with E-state index in [0.717, 1.165) is 17.1 Å². The Kier molecular flexibility index (Phi) is 8.08. The molecule has 10 rings (SSSR count). The first-order valence-electron chi connectivity index (χ1n) is 19.5. The van der Waals surface area contributed by atoms with Crippen molar-refractivity contribution in [2.24, 2.45) is 7.05 Å². The van der Waals surface area contributed by atoms with Gasteiger partial charge >= 0.3 is 0 Å². The van der Waals surface area contributed by atoms with Crippen LogP contribution in [0.3, 0.4) is 0 Å². The van der Waals surface area contributed by atoms with Gasteiger partial charge in [0.25, 0.3) is 0 Å². The van der Waals surface area contributed by atoms with Gasteiger partial charge in [-0.3, -0.25) is 0 Å². The Morgan fingerprint density at radius 3 is 1.52 bits per heavy atom. The maximum Gasteiger partial charge on any atom is 0.0568 e. The van der Waals surface area contributed by atoms with E-state index in [4.69, 9.17) is 0 Å². The molecule has 9 aromatic rings. The van der Waals surface area contributed by atoms with Crippen molar-refractivity contribution in [1.82, 2.24) is 4.57 Å². The molecule has 1 heterocycles. The molecule has 8 aromatic carbocycles. The third-order valence-corrected chi connectivity index (χ3v) is 11.8. The molecule has 1 aliphatic carbocycles. The van der Waals surface area contributed by atoms with Crippen LogP contribution in [0.15, 0.2) is 200 Å². The van der Waals surface area contributed by atoms with Crippen LogP contribution in [0.5, 0.6) is 0 Å². The normalized spacial score (nSPS) is 12.7. The minimum absolute atomic E-state index is 0.102. The van der Waals surface area contributed by atoms with Crippen molar-refractivity contribution < 1.29 is 0 Å². The standard InChI is InChI=1S/C54H42N2/c1-54(2)49-22-14-13-21-46(49)47-33-32-45(36-50(47)54)56(43-28-23-39(24-29-43)37-15-7-4-8-16-37)44-30-25-40(26-31-44)52-48-35-42(38-17-9-5-10-18-38)27-34-51(48)55(3)53(52)41-19-11-6-12-20-41/h4-36H,1-3H3. The van der Waals surface area contributed by atoms with Gasteiger partial charge in [-0.2, -0.15) is 0 Å². The van der Waals surface area contributed by atoms with Crippen LogP contribution in [-0.2, 0) is 12.5 Å². The molecule has 2 nitrogen and oxygen atoms in total. The van der Waals surface area contributed by atoms with Crippen molar-refractivity contribution in [3.8, 4) is 55.8 Å². The Labute approximate surface area is 329 Å². The molecule has 0 unspecified atom stereocenters. The van der Waals surface area contributed by atoms with Crippen LogP contribution < -0.4 is 4.90 Å². The van der Waals surface area contributed by atoms with E-state index in [2.05, 4.69) is 231 Å². The maximum absolute atomic E-state index is 2.41. The summed E-state index contributed by atoms with van der Waals surface area (Å²) in [4.78, 5) is 2.41. The number of hydrogen-bond donors (Lipinski definition) is 0. The Bertz CT molecular complexity index is 2850. The number of rotatable bonds is 7. The van der Waals surface area contributed by atoms with E-state index in [1.54, 1.807) is 0 Å². The summed E-state index contributed by atoms with van der Waals surface area (Å²) >= 11 is 0.